The molecule has 1 aromatic carbocycles. The standard InChI is InChI=1S/C15H16N2O4/c1-9(2)16-13(18)8-17-12-6-4-3-5-10(12)11(15(20)21)7-14(17)19/h3-7,9H,8H2,1-2H3,(H,16,18)(H,20,21). The van der Waals surface area contributed by atoms with Gasteiger partial charge in [-0.3, -0.25) is 14.2 Å². The normalized spacial score (nSPS) is 10.8. The third-order valence-corrected chi connectivity index (χ3v) is 3.00. The van der Waals surface area contributed by atoms with Crippen molar-refractivity contribution in [1.82, 2.24) is 9.88 Å². The highest BCUT2D eigenvalue weighted by molar-refractivity contribution is 6.02. The minimum atomic E-state index is -1.16. The third-order valence-electron chi connectivity index (χ3n) is 3.00. The van der Waals surface area contributed by atoms with Crippen LogP contribution in [0.5, 0.6) is 0 Å². The molecule has 2 rings (SSSR count). The maximum absolute atomic E-state index is 12.1. The van der Waals surface area contributed by atoms with Crippen molar-refractivity contribution in [3.8, 4) is 0 Å². The SMILES string of the molecule is CC(C)NC(=O)Cn1c(=O)cc(C(=O)O)c2ccccc21. The summed E-state index contributed by atoms with van der Waals surface area (Å²) < 4.78 is 1.28. The van der Waals surface area contributed by atoms with Crippen molar-refractivity contribution in [2.45, 2.75) is 26.4 Å². The van der Waals surface area contributed by atoms with Crippen molar-refractivity contribution in [2.75, 3.05) is 0 Å². The van der Waals surface area contributed by atoms with Gasteiger partial charge in [-0.2, -0.15) is 0 Å². The first-order chi connectivity index (χ1) is 9.90. The van der Waals surface area contributed by atoms with E-state index in [9.17, 15) is 19.5 Å². The topological polar surface area (TPSA) is 88.4 Å². The van der Waals surface area contributed by atoms with E-state index in [4.69, 9.17) is 0 Å². The molecule has 0 atom stereocenters. The summed E-state index contributed by atoms with van der Waals surface area (Å²) in [5.74, 6) is -1.46. The van der Waals surface area contributed by atoms with Gasteiger partial charge in [-0.15, -0.1) is 0 Å². The lowest BCUT2D eigenvalue weighted by molar-refractivity contribution is -0.122. The lowest BCUT2D eigenvalue weighted by Crippen LogP contribution is -2.36. The average molecular weight is 288 g/mol. The zero-order valence-corrected chi connectivity index (χ0v) is 11.8. The Morgan fingerprint density at radius 2 is 1.95 bits per heavy atom. The Hall–Kier alpha value is -2.63. The van der Waals surface area contributed by atoms with E-state index < -0.39 is 11.5 Å². The van der Waals surface area contributed by atoms with Gasteiger partial charge < -0.3 is 10.4 Å². The second kappa shape index (κ2) is 5.78. The quantitative estimate of drug-likeness (QED) is 0.885. The molecule has 0 aliphatic rings. The minimum Gasteiger partial charge on any atom is -0.478 e. The fourth-order valence-electron chi connectivity index (χ4n) is 2.19. The van der Waals surface area contributed by atoms with E-state index >= 15 is 0 Å². The van der Waals surface area contributed by atoms with Crippen LogP contribution in [-0.4, -0.2) is 27.6 Å². The monoisotopic (exact) mass is 288 g/mol. The molecule has 21 heavy (non-hydrogen) atoms. The van der Waals surface area contributed by atoms with Gasteiger partial charge in [0.05, 0.1) is 11.1 Å². The second-order valence-corrected chi connectivity index (χ2v) is 5.03. The molecule has 1 heterocycles. The maximum Gasteiger partial charge on any atom is 0.336 e. The molecule has 0 saturated carbocycles. The van der Waals surface area contributed by atoms with Crippen LogP contribution in [0.3, 0.4) is 0 Å². The molecule has 0 spiro atoms. The van der Waals surface area contributed by atoms with Gasteiger partial charge in [-0.1, -0.05) is 18.2 Å². The van der Waals surface area contributed by atoms with Crippen molar-refractivity contribution in [3.63, 3.8) is 0 Å². The molecule has 0 radical (unpaired) electrons. The van der Waals surface area contributed by atoms with Gasteiger partial charge in [-0.25, -0.2) is 4.79 Å². The number of carboxylic acid groups (broad SMARTS) is 1. The number of fused-ring (bicyclic) bond motifs is 1. The van der Waals surface area contributed by atoms with Crippen LogP contribution in [0.25, 0.3) is 10.9 Å². The third kappa shape index (κ3) is 3.10. The molecule has 6 heteroatoms. The van der Waals surface area contributed by atoms with E-state index in [1.54, 1.807) is 24.3 Å². The Balaban J connectivity index is 2.57. The molecule has 110 valence electrons. The molecule has 2 N–H and O–H groups in total. The van der Waals surface area contributed by atoms with Crippen molar-refractivity contribution >= 4 is 22.8 Å². The molecule has 0 bridgehead atoms. The van der Waals surface area contributed by atoms with Gasteiger partial charge in [0, 0.05) is 17.5 Å². The van der Waals surface area contributed by atoms with E-state index in [1.165, 1.54) is 4.57 Å². The van der Waals surface area contributed by atoms with E-state index in [-0.39, 0.29) is 24.1 Å². The summed E-state index contributed by atoms with van der Waals surface area (Å²) in [6, 6.07) is 7.66. The van der Waals surface area contributed by atoms with Crippen LogP contribution >= 0.6 is 0 Å². The van der Waals surface area contributed by atoms with Crippen molar-refractivity contribution in [3.05, 3.63) is 46.2 Å². The lowest BCUT2D eigenvalue weighted by atomic mass is 10.1. The molecule has 0 fully saturated rings. The first-order valence-corrected chi connectivity index (χ1v) is 6.55. The first-order valence-electron chi connectivity index (χ1n) is 6.55. The number of rotatable bonds is 4. The molecular formula is C15H16N2O4. The molecule has 0 aliphatic carbocycles. The Morgan fingerprint density at radius 1 is 1.29 bits per heavy atom. The summed E-state index contributed by atoms with van der Waals surface area (Å²) in [7, 11) is 0. The Bertz CT molecular complexity index is 762. The fourth-order valence-corrected chi connectivity index (χ4v) is 2.19. The number of carbonyl (C=O) groups excluding carboxylic acids is 1. The summed E-state index contributed by atoms with van der Waals surface area (Å²) in [6.45, 7) is 3.51. The molecule has 6 nitrogen and oxygen atoms in total. The summed E-state index contributed by atoms with van der Waals surface area (Å²) in [6.07, 6.45) is 0. The van der Waals surface area contributed by atoms with E-state index in [2.05, 4.69) is 5.32 Å². The number of nitrogens with one attached hydrogen (secondary N) is 1. The number of carboxylic acids is 1. The zero-order chi connectivity index (χ0) is 15.6. The van der Waals surface area contributed by atoms with Crippen LogP contribution in [0.1, 0.15) is 24.2 Å². The van der Waals surface area contributed by atoms with Crippen LogP contribution in [0.15, 0.2) is 35.1 Å². The molecule has 0 unspecified atom stereocenters. The van der Waals surface area contributed by atoms with E-state index in [1.807, 2.05) is 13.8 Å². The van der Waals surface area contributed by atoms with Gasteiger partial charge in [0.2, 0.25) is 5.91 Å². The number of hydrogen-bond acceptors (Lipinski definition) is 3. The predicted octanol–water partition coefficient (Wildman–Crippen LogP) is 1.22. The average Bonchev–Trinajstić information content (AvgIpc) is 2.40. The number of para-hydroxylation sites is 1. The predicted molar refractivity (Wildman–Crippen MR) is 78.4 cm³/mol. The molecule has 1 amide bonds. The number of aromatic carboxylic acids is 1. The maximum atomic E-state index is 12.1. The van der Waals surface area contributed by atoms with Gasteiger partial charge in [0.15, 0.2) is 0 Å². The van der Waals surface area contributed by atoms with Crippen molar-refractivity contribution in [2.24, 2.45) is 0 Å². The van der Waals surface area contributed by atoms with Crippen molar-refractivity contribution < 1.29 is 14.7 Å². The first kappa shape index (κ1) is 14.8. The van der Waals surface area contributed by atoms with E-state index in [0.29, 0.717) is 10.9 Å². The van der Waals surface area contributed by atoms with Gasteiger partial charge in [0.25, 0.3) is 5.56 Å². The molecular weight excluding hydrogens is 272 g/mol. The lowest BCUT2D eigenvalue weighted by Gasteiger charge is -2.13. The smallest absolute Gasteiger partial charge is 0.336 e. The Morgan fingerprint density at radius 3 is 2.57 bits per heavy atom. The number of carbonyl (C=O) groups is 2. The minimum absolute atomic E-state index is 0.0299. The van der Waals surface area contributed by atoms with Gasteiger partial charge in [0.1, 0.15) is 6.54 Å². The highest BCUT2D eigenvalue weighted by atomic mass is 16.4. The molecule has 2 aromatic rings. The van der Waals surface area contributed by atoms with Gasteiger partial charge in [-0.05, 0) is 19.9 Å². The number of pyridine rings is 1. The molecule has 0 aliphatic heterocycles. The second-order valence-electron chi connectivity index (χ2n) is 5.03. The summed E-state index contributed by atoms with van der Waals surface area (Å²) in [5.41, 5.74) is -0.137. The summed E-state index contributed by atoms with van der Waals surface area (Å²) >= 11 is 0. The van der Waals surface area contributed by atoms with Crippen LogP contribution in [0.2, 0.25) is 0 Å². The highest BCUT2D eigenvalue weighted by Crippen LogP contribution is 2.16. The number of aromatic nitrogens is 1. The Labute approximate surface area is 121 Å². The van der Waals surface area contributed by atoms with Crippen LogP contribution in [0.4, 0.5) is 0 Å². The summed E-state index contributed by atoms with van der Waals surface area (Å²) in [4.78, 5) is 35.2. The van der Waals surface area contributed by atoms with Crippen LogP contribution in [-0.2, 0) is 11.3 Å². The number of benzene rings is 1. The number of amides is 1. The van der Waals surface area contributed by atoms with Gasteiger partial charge >= 0.3 is 5.97 Å². The number of hydrogen-bond donors (Lipinski definition) is 2. The van der Waals surface area contributed by atoms with Crippen molar-refractivity contribution in [1.29, 1.82) is 0 Å². The Kier molecular flexibility index (Phi) is 4.07. The molecule has 0 saturated heterocycles. The number of nitrogens with zero attached hydrogens (tertiary/aromatic N) is 1. The zero-order valence-electron chi connectivity index (χ0n) is 11.8. The van der Waals surface area contributed by atoms with Crippen LogP contribution < -0.4 is 10.9 Å². The largest absolute Gasteiger partial charge is 0.478 e. The van der Waals surface area contributed by atoms with Crippen LogP contribution in [0, 0.1) is 0 Å². The molecule has 1 aromatic heterocycles. The fraction of sp³-hybridized carbons (Fsp3) is 0.267. The summed E-state index contributed by atoms with van der Waals surface area (Å²) in [5, 5.41) is 12.3. The van der Waals surface area contributed by atoms with E-state index in [0.717, 1.165) is 6.07 Å². The highest BCUT2D eigenvalue weighted by Gasteiger charge is 2.15.